The number of halogens is 2. The first kappa shape index (κ1) is 12.8. The molecule has 0 aromatic heterocycles. The average Bonchev–Trinajstić information content (AvgIpc) is 2.38. The van der Waals surface area contributed by atoms with Crippen molar-refractivity contribution in [2.24, 2.45) is 5.92 Å². The molecule has 1 aromatic carbocycles. The molecule has 0 N–H and O–H groups in total. The fraction of sp³-hybridized carbons (Fsp3) is 0.375. The zero-order valence-electron chi connectivity index (χ0n) is 10.3. The van der Waals surface area contributed by atoms with Gasteiger partial charge in [0.15, 0.2) is 0 Å². The Morgan fingerprint density at radius 2 is 1.72 bits per heavy atom. The molecular weight excluding hydrogens is 230 g/mol. The second-order valence-electron chi connectivity index (χ2n) is 4.85. The zero-order chi connectivity index (χ0) is 13.1. The van der Waals surface area contributed by atoms with Gasteiger partial charge in [-0.2, -0.15) is 0 Å². The van der Waals surface area contributed by atoms with Crippen LogP contribution in [0.4, 0.5) is 8.78 Å². The van der Waals surface area contributed by atoms with Crippen molar-refractivity contribution < 1.29 is 8.78 Å². The fourth-order valence-electron chi connectivity index (χ4n) is 2.65. The maximum Gasteiger partial charge on any atom is 0.142 e. The van der Waals surface area contributed by atoms with E-state index in [1.54, 1.807) is 0 Å². The van der Waals surface area contributed by atoms with E-state index < -0.39 is 11.6 Å². The number of hydrogen-bond donors (Lipinski definition) is 0. The minimum atomic E-state index is -0.627. The molecule has 2 rings (SSSR count). The highest BCUT2D eigenvalue weighted by molar-refractivity contribution is 5.38. The molecule has 2 heteroatoms. The average molecular weight is 246 g/mol. The second kappa shape index (κ2) is 5.35. The lowest BCUT2D eigenvalue weighted by atomic mass is 9.78. The van der Waals surface area contributed by atoms with Gasteiger partial charge >= 0.3 is 0 Å². The Bertz CT molecular complexity index is 465. The summed E-state index contributed by atoms with van der Waals surface area (Å²) in [7, 11) is 0. The standard InChI is InChI=1S/C16H16F2/c1-3-11-5-7-12(8-6-11)13-9-15(17)14(4-2)16(18)10-13/h2-3,9-12H,1,5-8H2. The van der Waals surface area contributed by atoms with Crippen LogP contribution < -0.4 is 0 Å². The van der Waals surface area contributed by atoms with Crippen LogP contribution in [-0.4, -0.2) is 0 Å². The minimum absolute atomic E-state index is 0.233. The molecule has 0 atom stereocenters. The molecule has 0 heterocycles. The first-order valence-electron chi connectivity index (χ1n) is 6.23. The van der Waals surface area contributed by atoms with E-state index in [4.69, 9.17) is 6.42 Å². The van der Waals surface area contributed by atoms with Crippen molar-refractivity contribution in [3.63, 3.8) is 0 Å². The maximum atomic E-state index is 13.6. The van der Waals surface area contributed by atoms with Crippen LogP contribution in [0.1, 0.15) is 42.7 Å². The third-order valence-electron chi connectivity index (χ3n) is 3.79. The van der Waals surface area contributed by atoms with Crippen molar-refractivity contribution in [2.45, 2.75) is 31.6 Å². The summed E-state index contributed by atoms with van der Waals surface area (Å²) < 4.78 is 27.2. The van der Waals surface area contributed by atoms with E-state index >= 15 is 0 Å². The Balaban J connectivity index is 2.20. The third-order valence-corrected chi connectivity index (χ3v) is 3.79. The fourth-order valence-corrected chi connectivity index (χ4v) is 2.65. The first-order chi connectivity index (χ1) is 8.65. The zero-order valence-corrected chi connectivity index (χ0v) is 10.3. The molecule has 0 unspecified atom stereocenters. The summed E-state index contributed by atoms with van der Waals surface area (Å²) in [5, 5.41) is 0. The maximum absolute atomic E-state index is 13.6. The van der Waals surface area contributed by atoms with Crippen molar-refractivity contribution in [3.05, 3.63) is 47.5 Å². The Labute approximate surface area is 107 Å². The largest absolute Gasteiger partial charge is 0.206 e. The van der Waals surface area contributed by atoms with Crippen molar-refractivity contribution in [2.75, 3.05) is 0 Å². The monoisotopic (exact) mass is 246 g/mol. The molecule has 0 aliphatic heterocycles. The minimum Gasteiger partial charge on any atom is -0.206 e. The number of rotatable bonds is 2. The Morgan fingerprint density at radius 3 is 2.17 bits per heavy atom. The lowest BCUT2D eigenvalue weighted by Gasteiger charge is -2.27. The second-order valence-corrected chi connectivity index (χ2v) is 4.85. The van der Waals surface area contributed by atoms with Gasteiger partial charge in [-0.05, 0) is 55.2 Å². The highest BCUT2D eigenvalue weighted by Gasteiger charge is 2.22. The molecule has 1 fully saturated rings. The molecule has 94 valence electrons. The molecule has 1 saturated carbocycles. The summed E-state index contributed by atoms with van der Waals surface area (Å²) in [5.41, 5.74) is 0.463. The molecule has 1 aromatic rings. The van der Waals surface area contributed by atoms with E-state index in [2.05, 4.69) is 6.58 Å². The Morgan fingerprint density at radius 1 is 1.17 bits per heavy atom. The highest BCUT2D eigenvalue weighted by Crippen LogP contribution is 2.36. The Kier molecular flexibility index (Phi) is 3.81. The lowest BCUT2D eigenvalue weighted by molar-refractivity contribution is 0.374. The summed E-state index contributed by atoms with van der Waals surface area (Å²) in [4.78, 5) is 0. The van der Waals surface area contributed by atoms with E-state index in [1.165, 1.54) is 12.1 Å². The van der Waals surface area contributed by atoms with Crippen LogP contribution in [0.25, 0.3) is 0 Å². The van der Waals surface area contributed by atoms with Gasteiger partial charge in [0.05, 0.1) is 5.56 Å². The quantitative estimate of drug-likeness (QED) is 0.535. The van der Waals surface area contributed by atoms with Gasteiger partial charge in [-0.15, -0.1) is 13.0 Å². The summed E-state index contributed by atoms with van der Waals surface area (Å²) in [6, 6.07) is 2.77. The highest BCUT2D eigenvalue weighted by atomic mass is 19.1. The van der Waals surface area contributed by atoms with Gasteiger partial charge in [0, 0.05) is 0 Å². The lowest BCUT2D eigenvalue weighted by Crippen LogP contribution is -2.12. The summed E-state index contributed by atoms with van der Waals surface area (Å²) in [6.07, 6.45) is 11.0. The molecule has 1 aliphatic rings. The molecule has 0 saturated heterocycles. The molecule has 0 radical (unpaired) electrons. The van der Waals surface area contributed by atoms with Crippen molar-refractivity contribution in [3.8, 4) is 12.3 Å². The van der Waals surface area contributed by atoms with Gasteiger partial charge in [0.2, 0.25) is 0 Å². The van der Waals surface area contributed by atoms with Crippen LogP contribution in [0, 0.1) is 29.9 Å². The predicted octanol–water partition coefficient (Wildman–Crippen LogP) is 4.41. The van der Waals surface area contributed by atoms with Gasteiger partial charge in [-0.25, -0.2) is 8.78 Å². The number of terminal acetylenes is 1. The van der Waals surface area contributed by atoms with Gasteiger partial charge in [-0.3, -0.25) is 0 Å². The third kappa shape index (κ3) is 2.46. The van der Waals surface area contributed by atoms with E-state index in [0.29, 0.717) is 5.92 Å². The summed E-state index contributed by atoms with van der Waals surface area (Å²) >= 11 is 0. The molecule has 0 nitrogen and oxygen atoms in total. The van der Waals surface area contributed by atoms with Gasteiger partial charge < -0.3 is 0 Å². The molecule has 0 amide bonds. The SMILES string of the molecule is C#Cc1c(F)cc(C2CCC(C=C)CC2)cc1F. The number of hydrogen-bond acceptors (Lipinski definition) is 0. The van der Waals surface area contributed by atoms with Crippen LogP contribution in [0.2, 0.25) is 0 Å². The Hall–Kier alpha value is -1.62. The summed E-state index contributed by atoms with van der Waals surface area (Å²) in [6.45, 7) is 3.79. The van der Waals surface area contributed by atoms with Crippen molar-refractivity contribution in [1.82, 2.24) is 0 Å². The van der Waals surface area contributed by atoms with Crippen LogP contribution in [0.3, 0.4) is 0 Å². The van der Waals surface area contributed by atoms with E-state index in [-0.39, 0.29) is 11.5 Å². The van der Waals surface area contributed by atoms with E-state index in [0.717, 1.165) is 31.2 Å². The van der Waals surface area contributed by atoms with Gasteiger partial charge in [0.25, 0.3) is 0 Å². The van der Waals surface area contributed by atoms with Crippen LogP contribution in [-0.2, 0) is 0 Å². The van der Waals surface area contributed by atoms with Crippen molar-refractivity contribution >= 4 is 0 Å². The smallest absolute Gasteiger partial charge is 0.142 e. The normalized spacial score (nSPS) is 23.4. The molecule has 1 aliphatic carbocycles. The number of allylic oxidation sites excluding steroid dienone is 1. The van der Waals surface area contributed by atoms with E-state index in [1.807, 2.05) is 12.0 Å². The predicted molar refractivity (Wildman–Crippen MR) is 69.2 cm³/mol. The molecular formula is C16H16F2. The van der Waals surface area contributed by atoms with Crippen LogP contribution in [0.15, 0.2) is 24.8 Å². The van der Waals surface area contributed by atoms with Crippen LogP contribution >= 0.6 is 0 Å². The molecule has 0 bridgehead atoms. The number of benzene rings is 1. The van der Waals surface area contributed by atoms with Crippen LogP contribution in [0.5, 0.6) is 0 Å². The van der Waals surface area contributed by atoms with Crippen molar-refractivity contribution in [1.29, 1.82) is 0 Å². The van der Waals surface area contributed by atoms with Gasteiger partial charge in [-0.1, -0.05) is 12.0 Å². The molecule has 0 spiro atoms. The topological polar surface area (TPSA) is 0 Å². The summed E-state index contributed by atoms with van der Waals surface area (Å²) in [5.74, 6) is 1.57. The molecule has 18 heavy (non-hydrogen) atoms. The van der Waals surface area contributed by atoms with E-state index in [9.17, 15) is 8.78 Å². The van der Waals surface area contributed by atoms with Gasteiger partial charge in [0.1, 0.15) is 11.6 Å². The first-order valence-corrected chi connectivity index (χ1v) is 6.23.